The number of halogens is 2. The molecule has 0 aliphatic heterocycles. The van der Waals surface area contributed by atoms with Crippen molar-refractivity contribution in [3.8, 4) is 0 Å². The predicted octanol–water partition coefficient (Wildman–Crippen LogP) is 3.25. The molecule has 0 saturated carbocycles. The van der Waals surface area contributed by atoms with Gasteiger partial charge in [0.05, 0.1) is 5.69 Å². The third kappa shape index (κ3) is 2.96. The molecule has 1 unspecified atom stereocenters. The molecular formula is C14H17ClFN3. The van der Waals surface area contributed by atoms with E-state index in [9.17, 15) is 4.39 Å². The summed E-state index contributed by atoms with van der Waals surface area (Å²) in [6.07, 6.45) is 0.509. The van der Waals surface area contributed by atoms with Gasteiger partial charge in [-0.3, -0.25) is 4.68 Å². The highest BCUT2D eigenvalue weighted by atomic mass is 35.5. The Morgan fingerprint density at radius 2 is 2.21 bits per heavy atom. The third-order valence-corrected chi connectivity index (χ3v) is 3.41. The summed E-state index contributed by atoms with van der Waals surface area (Å²) in [6.45, 7) is 4.70. The van der Waals surface area contributed by atoms with Crippen LogP contribution < -0.4 is 5.73 Å². The lowest BCUT2D eigenvalue weighted by Crippen LogP contribution is -2.18. The molecule has 5 heteroatoms. The van der Waals surface area contributed by atoms with Crippen LogP contribution in [-0.4, -0.2) is 9.78 Å². The minimum atomic E-state index is -0.477. The zero-order chi connectivity index (χ0) is 14.0. The normalized spacial score (nSPS) is 12.7. The zero-order valence-electron chi connectivity index (χ0n) is 11.0. The molecule has 2 rings (SSSR count). The summed E-state index contributed by atoms with van der Waals surface area (Å²) >= 11 is 6.03. The highest BCUT2D eigenvalue weighted by Crippen LogP contribution is 2.26. The number of benzene rings is 1. The van der Waals surface area contributed by atoms with Crippen molar-refractivity contribution >= 4 is 11.6 Å². The maximum absolute atomic E-state index is 13.8. The van der Waals surface area contributed by atoms with Gasteiger partial charge in [-0.15, -0.1) is 0 Å². The van der Waals surface area contributed by atoms with Crippen molar-refractivity contribution in [2.24, 2.45) is 5.73 Å². The van der Waals surface area contributed by atoms with E-state index in [1.807, 2.05) is 24.6 Å². The van der Waals surface area contributed by atoms with Gasteiger partial charge in [0, 0.05) is 35.3 Å². The van der Waals surface area contributed by atoms with E-state index in [-0.39, 0.29) is 5.82 Å². The lowest BCUT2D eigenvalue weighted by Gasteiger charge is -2.15. The molecule has 0 amide bonds. The van der Waals surface area contributed by atoms with Crippen LogP contribution in [0.4, 0.5) is 4.39 Å². The maximum atomic E-state index is 13.8. The SMILES string of the molecule is CCn1nc(C)cc1CC(N)c1c(F)cccc1Cl. The summed E-state index contributed by atoms with van der Waals surface area (Å²) in [5.41, 5.74) is 8.39. The Labute approximate surface area is 117 Å². The molecule has 1 atom stereocenters. The van der Waals surface area contributed by atoms with Crippen LogP contribution in [0.3, 0.4) is 0 Å². The first-order valence-electron chi connectivity index (χ1n) is 6.25. The van der Waals surface area contributed by atoms with E-state index in [4.69, 9.17) is 17.3 Å². The second-order valence-corrected chi connectivity index (χ2v) is 4.95. The molecule has 1 heterocycles. The standard InChI is InChI=1S/C14H17ClFN3/c1-3-19-10(7-9(2)18-19)8-13(17)14-11(15)5-4-6-12(14)16/h4-7,13H,3,8,17H2,1-2H3. The Kier molecular flexibility index (Phi) is 4.22. The number of nitrogens with two attached hydrogens (primary N) is 1. The minimum absolute atomic E-state index is 0.362. The smallest absolute Gasteiger partial charge is 0.129 e. The molecule has 102 valence electrons. The number of nitrogens with zero attached hydrogens (tertiary/aromatic N) is 2. The molecule has 0 aliphatic rings. The van der Waals surface area contributed by atoms with Crippen LogP contribution in [0.1, 0.15) is 29.9 Å². The van der Waals surface area contributed by atoms with Crippen LogP contribution in [-0.2, 0) is 13.0 Å². The largest absolute Gasteiger partial charge is 0.323 e. The van der Waals surface area contributed by atoms with Crippen LogP contribution in [0.25, 0.3) is 0 Å². The molecule has 2 N–H and O–H groups in total. The van der Waals surface area contributed by atoms with Gasteiger partial charge >= 0.3 is 0 Å². The van der Waals surface area contributed by atoms with Gasteiger partial charge in [-0.1, -0.05) is 17.7 Å². The van der Waals surface area contributed by atoms with Gasteiger partial charge in [0.2, 0.25) is 0 Å². The monoisotopic (exact) mass is 281 g/mol. The van der Waals surface area contributed by atoms with E-state index in [2.05, 4.69) is 5.10 Å². The van der Waals surface area contributed by atoms with Gasteiger partial charge in [0.15, 0.2) is 0 Å². The molecule has 1 aromatic carbocycles. The molecule has 0 saturated heterocycles. The molecule has 1 aromatic heterocycles. The quantitative estimate of drug-likeness (QED) is 0.935. The first kappa shape index (κ1) is 14.0. The Morgan fingerprint density at radius 3 is 2.84 bits per heavy atom. The van der Waals surface area contributed by atoms with Crippen LogP contribution in [0.15, 0.2) is 24.3 Å². The fourth-order valence-electron chi connectivity index (χ4n) is 2.23. The van der Waals surface area contributed by atoms with Crippen molar-refractivity contribution in [1.29, 1.82) is 0 Å². The fraction of sp³-hybridized carbons (Fsp3) is 0.357. The first-order valence-corrected chi connectivity index (χ1v) is 6.63. The van der Waals surface area contributed by atoms with Crippen molar-refractivity contribution in [3.63, 3.8) is 0 Å². The minimum Gasteiger partial charge on any atom is -0.323 e. The van der Waals surface area contributed by atoms with Crippen LogP contribution >= 0.6 is 11.6 Å². The summed E-state index contributed by atoms with van der Waals surface area (Å²) in [5, 5.41) is 4.72. The van der Waals surface area contributed by atoms with E-state index in [1.165, 1.54) is 6.07 Å². The highest BCUT2D eigenvalue weighted by Gasteiger charge is 2.17. The number of hydrogen-bond donors (Lipinski definition) is 1. The average Bonchev–Trinajstić information content (AvgIpc) is 2.69. The summed E-state index contributed by atoms with van der Waals surface area (Å²) in [5.74, 6) is -0.362. The van der Waals surface area contributed by atoms with Crippen molar-refractivity contribution in [2.75, 3.05) is 0 Å². The van der Waals surface area contributed by atoms with Crippen molar-refractivity contribution in [1.82, 2.24) is 9.78 Å². The van der Waals surface area contributed by atoms with E-state index < -0.39 is 6.04 Å². The van der Waals surface area contributed by atoms with Gasteiger partial charge in [0.1, 0.15) is 5.82 Å². The van der Waals surface area contributed by atoms with E-state index >= 15 is 0 Å². The fourth-order valence-corrected chi connectivity index (χ4v) is 2.53. The molecule has 3 nitrogen and oxygen atoms in total. The summed E-state index contributed by atoms with van der Waals surface area (Å²) < 4.78 is 15.7. The second-order valence-electron chi connectivity index (χ2n) is 4.54. The van der Waals surface area contributed by atoms with E-state index in [1.54, 1.807) is 12.1 Å². The number of rotatable bonds is 4. The van der Waals surface area contributed by atoms with Crippen LogP contribution in [0.5, 0.6) is 0 Å². The average molecular weight is 282 g/mol. The first-order chi connectivity index (χ1) is 9.02. The molecule has 19 heavy (non-hydrogen) atoms. The van der Waals surface area contributed by atoms with Gasteiger partial charge < -0.3 is 5.73 Å². The zero-order valence-corrected chi connectivity index (χ0v) is 11.8. The molecule has 0 radical (unpaired) electrons. The molecule has 2 aromatic rings. The molecule has 0 bridgehead atoms. The Hall–Kier alpha value is -1.39. The van der Waals surface area contributed by atoms with E-state index in [0.717, 1.165) is 17.9 Å². The summed E-state index contributed by atoms with van der Waals surface area (Å²) in [4.78, 5) is 0. The maximum Gasteiger partial charge on any atom is 0.129 e. The summed E-state index contributed by atoms with van der Waals surface area (Å²) in [6, 6.07) is 6.10. The van der Waals surface area contributed by atoms with Crippen LogP contribution in [0.2, 0.25) is 5.02 Å². The molecule has 0 spiro atoms. The molecule has 0 fully saturated rings. The van der Waals surface area contributed by atoms with Gasteiger partial charge in [-0.05, 0) is 32.0 Å². The lowest BCUT2D eigenvalue weighted by atomic mass is 10.0. The number of hydrogen-bond acceptors (Lipinski definition) is 2. The summed E-state index contributed by atoms with van der Waals surface area (Å²) in [7, 11) is 0. The number of aromatic nitrogens is 2. The lowest BCUT2D eigenvalue weighted by molar-refractivity contribution is 0.555. The van der Waals surface area contributed by atoms with Gasteiger partial charge in [-0.25, -0.2) is 4.39 Å². The molecule has 0 aliphatic carbocycles. The topological polar surface area (TPSA) is 43.8 Å². The number of aryl methyl sites for hydroxylation is 2. The highest BCUT2D eigenvalue weighted by molar-refractivity contribution is 6.31. The molecular weight excluding hydrogens is 265 g/mol. The van der Waals surface area contributed by atoms with E-state index in [0.29, 0.717) is 17.0 Å². The van der Waals surface area contributed by atoms with Crippen molar-refractivity contribution in [2.45, 2.75) is 32.9 Å². The third-order valence-electron chi connectivity index (χ3n) is 3.08. The Balaban J connectivity index is 2.28. The van der Waals surface area contributed by atoms with Crippen molar-refractivity contribution in [3.05, 3.63) is 52.1 Å². The second kappa shape index (κ2) is 5.72. The Bertz CT molecular complexity index is 560. The van der Waals surface area contributed by atoms with Crippen LogP contribution in [0, 0.1) is 12.7 Å². The predicted molar refractivity (Wildman–Crippen MR) is 74.7 cm³/mol. The van der Waals surface area contributed by atoms with Crippen molar-refractivity contribution < 1.29 is 4.39 Å². The van der Waals surface area contributed by atoms with Gasteiger partial charge in [0.25, 0.3) is 0 Å². The Morgan fingerprint density at radius 1 is 1.47 bits per heavy atom. The van der Waals surface area contributed by atoms with Gasteiger partial charge in [-0.2, -0.15) is 5.10 Å².